The van der Waals surface area contributed by atoms with Gasteiger partial charge in [0.2, 0.25) is 0 Å². The summed E-state index contributed by atoms with van der Waals surface area (Å²) in [4.78, 5) is 0. The third-order valence-electron chi connectivity index (χ3n) is 7.37. The molecule has 4 aliphatic carbocycles. The minimum atomic E-state index is -5.55. The Morgan fingerprint density at radius 3 is 1.74 bits per heavy atom. The molecular formula is C28H37F3O3S. The Bertz CT molecular complexity index is 1050. The fourth-order valence-electron chi connectivity index (χ4n) is 5.72. The molecule has 0 heterocycles. The van der Waals surface area contributed by atoms with Crippen LogP contribution in [0.2, 0.25) is 0 Å². The summed E-state index contributed by atoms with van der Waals surface area (Å²) < 4.78 is 60.2. The molecule has 35 heavy (non-hydrogen) atoms. The number of benzene rings is 2. The highest BCUT2D eigenvalue weighted by atomic mass is 32.2. The summed E-state index contributed by atoms with van der Waals surface area (Å²) in [5.41, 5.74) is -3.81. The number of alkyl halides is 3. The van der Waals surface area contributed by atoms with Crippen LogP contribution in [0.3, 0.4) is 0 Å². The van der Waals surface area contributed by atoms with Gasteiger partial charge in [-0.1, -0.05) is 74.5 Å². The van der Waals surface area contributed by atoms with Gasteiger partial charge in [-0.15, -0.1) is 0 Å². The Kier molecular flexibility index (Phi) is 9.08. The maximum Gasteiger partial charge on any atom is 0.534 e. The lowest BCUT2D eigenvalue weighted by Crippen LogP contribution is -2.27. The van der Waals surface area contributed by atoms with Crippen molar-refractivity contribution in [3.05, 3.63) is 78.4 Å². The molecule has 0 saturated heterocycles. The number of hydrogen-bond acceptors (Lipinski definition) is 3. The summed E-state index contributed by atoms with van der Waals surface area (Å²) in [6.45, 7) is 0. The fraction of sp³-hybridized carbons (Fsp3) is 0.500. The second-order valence-electron chi connectivity index (χ2n) is 9.71. The normalized spacial score (nSPS) is 27.8. The van der Waals surface area contributed by atoms with Crippen LogP contribution in [0.1, 0.15) is 65.3 Å². The van der Waals surface area contributed by atoms with Gasteiger partial charge in [0, 0.05) is 1.43 Å². The van der Waals surface area contributed by atoms with Crippen molar-refractivity contribution in [3.8, 4) is 5.75 Å². The van der Waals surface area contributed by atoms with Gasteiger partial charge in [0.05, 0.1) is 0 Å². The van der Waals surface area contributed by atoms with Crippen LogP contribution in [0.5, 0.6) is 5.75 Å². The van der Waals surface area contributed by atoms with Crippen LogP contribution in [0.25, 0.3) is 0 Å². The lowest BCUT2D eigenvalue weighted by Gasteiger charge is -2.21. The molecular weight excluding hydrogens is 473 g/mol. The molecule has 5 atom stereocenters. The van der Waals surface area contributed by atoms with E-state index in [-0.39, 0.29) is 14.6 Å². The van der Waals surface area contributed by atoms with Crippen molar-refractivity contribution in [1.29, 1.82) is 0 Å². The minimum absolute atomic E-state index is 0. The Morgan fingerprint density at radius 2 is 1.34 bits per heavy atom. The largest absolute Gasteiger partial charge is 0.534 e. The van der Waals surface area contributed by atoms with E-state index in [1.54, 1.807) is 5.56 Å². The topological polar surface area (TPSA) is 43.4 Å². The van der Waals surface area contributed by atoms with Crippen LogP contribution in [0, 0.1) is 23.7 Å². The number of hydrogen-bond donors (Lipinski definition) is 0. The zero-order valence-electron chi connectivity index (χ0n) is 19.0. The Morgan fingerprint density at radius 1 is 0.771 bits per heavy atom. The van der Waals surface area contributed by atoms with Crippen LogP contribution < -0.4 is 4.18 Å². The van der Waals surface area contributed by atoms with Gasteiger partial charge in [-0.3, -0.25) is 0 Å². The molecule has 2 aromatic carbocycles. The third-order valence-corrected chi connectivity index (χ3v) is 8.35. The molecule has 7 heteroatoms. The van der Waals surface area contributed by atoms with Crippen LogP contribution in [0.15, 0.2) is 72.8 Å². The van der Waals surface area contributed by atoms with Crippen molar-refractivity contribution in [2.24, 2.45) is 23.7 Å². The van der Waals surface area contributed by atoms with Crippen molar-refractivity contribution in [2.75, 3.05) is 0 Å². The summed E-state index contributed by atoms with van der Waals surface area (Å²) in [5, 5.41) is 0. The second kappa shape index (κ2) is 11.6. The number of fused-ring (bicyclic) bond motifs is 4. The average molecular weight is 511 g/mol. The molecule has 0 N–H and O–H groups in total. The standard InChI is InChI=1S/C13H16.C7H5F3O3S.C7H10.CH4.H2/c1-2-4-11(5-3-1)13-9-10-6-7-12(13)8-10;8-7(9,10)14(11,12)13-6-4-2-1-3-5-6;1-2-7-4-3-6(1)5-7;;/h1-5,10,12-13H,6-9H2;1-5H;1-2,6-7H,3-5H2;1H4;1H. The lowest BCUT2D eigenvalue weighted by molar-refractivity contribution is -0.0500. The first-order chi connectivity index (χ1) is 16.2. The SMILES string of the molecule is C.C1=CC2CCC1C2.O=S(=O)(Oc1ccccc1)C(F)(F)F.[HH].c1ccc(C2CC3CCC2C3)cc1. The van der Waals surface area contributed by atoms with E-state index in [1.807, 2.05) is 0 Å². The first-order valence-electron chi connectivity index (χ1n) is 12.0. The number of para-hydroxylation sites is 1. The molecule has 4 aliphatic rings. The van der Waals surface area contributed by atoms with Gasteiger partial charge in [0.1, 0.15) is 5.75 Å². The van der Waals surface area contributed by atoms with Gasteiger partial charge in [-0.05, 0) is 85.8 Å². The van der Waals surface area contributed by atoms with E-state index in [9.17, 15) is 21.6 Å². The molecule has 5 unspecified atom stereocenters. The zero-order chi connectivity index (χ0) is 24.2. The minimum Gasteiger partial charge on any atom is -0.376 e. The maximum absolute atomic E-state index is 11.8. The molecule has 194 valence electrons. The van der Waals surface area contributed by atoms with E-state index < -0.39 is 15.6 Å². The highest BCUT2D eigenvalue weighted by molar-refractivity contribution is 7.88. The summed E-state index contributed by atoms with van der Waals surface area (Å²) in [6, 6.07) is 17.6. The number of rotatable bonds is 3. The quantitative estimate of drug-likeness (QED) is 0.237. The van der Waals surface area contributed by atoms with Gasteiger partial charge >= 0.3 is 15.6 Å². The Balaban J connectivity index is 0.000000193. The smallest absolute Gasteiger partial charge is 0.376 e. The lowest BCUT2D eigenvalue weighted by atomic mass is 9.84. The van der Waals surface area contributed by atoms with Crippen molar-refractivity contribution < 1.29 is 27.2 Å². The molecule has 3 nitrogen and oxygen atoms in total. The fourth-order valence-corrected chi connectivity index (χ4v) is 6.18. The molecule has 6 rings (SSSR count). The first-order valence-corrected chi connectivity index (χ1v) is 13.4. The van der Waals surface area contributed by atoms with Gasteiger partial charge in [0.15, 0.2) is 0 Å². The van der Waals surface area contributed by atoms with Crippen LogP contribution in [0.4, 0.5) is 13.2 Å². The molecule has 0 aliphatic heterocycles. The summed E-state index contributed by atoms with van der Waals surface area (Å²) in [7, 11) is -5.55. The summed E-state index contributed by atoms with van der Waals surface area (Å²) in [6.07, 6.45) is 15.2. The van der Waals surface area contributed by atoms with Crippen LogP contribution in [-0.2, 0) is 10.1 Å². The molecule has 2 aromatic rings. The molecule has 3 fully saturated rings. The van der Waals surface area contributed by atoms with Crippen molar-refractivity contribution in [2.45, 2.75) is 63.8 Å². The number of halogens is 3. The predicted molar refractivity (Wildman–Crippen MR) is 135 cm³/mol. The van der Waals surface area contributed by atoms with Crippen molar-refractivity contribution in [1.82, 2.24) is 0 Å². The third kappa shape index (κ3) is 7.12. The van der Waals surface area contributed by atoms with E-state index in [2.05, 4.69) is 46.7 Å². The first kappa shape index (κ1) is 27.3. The molecule has 0 radical (unpaired) electrons. The number of allylic oxidation sites excluding steroid dienone is 2. The van der Waals surface area contributed by atoms with E-state index in [1.165, 1.54) is 63.1 Å². The van der Waals surface area contributed by atoms with Crippen molar-refractivity contribution in [3.63, 3.8) is 0 Å². The molecule has 0 aromatic heterocycles. The molecule has 3 saturated carbocycles. The van der Waals surface area contributed by atoms with E-state index in [0.717, 1.165) is 41.7 Å². The Labute approximate surface area is 209 Å². The van der Waals surface area contributed by atoms with Gasteiger partial charge in [0.25, 0.3) is 0 Å². The van der Waals surface area contributed by atoms with Gasteiger partial charge < -0.3 is 4.18 Å². The van der Waals surface area contributed by atoms with Gasteiger partial charge in [-0.25, -0.2) is 0 Å². The Hall–Kier alpha value is -2.28. The molecule has 4 bridgehead atoms. The van der Waals surface area contributed by atoms with Crippen LogP contribution >= 0.6 is 0 Å². The maximum atomic E-state index is 11.8. The summed E-state index contributed by atoms with van der Waals surface area (Å²) in [5.74, 6) is 4.60. The van der Waals surface area contributed by atoms with Gasteiger partial charge in [-0.2, -0.15) is 21.6 Å². The second-order valence-corrected chi connectivity index (χ2v) is 11.2. The highest BCUT2D eigenvalue weighted by Crippen LogP contribution is 2.52. The monoisotopic (exact) mass is 510 g/mol. The predicted octanol–water partition coefficient (Wildman–Crippen LogP) is 8.36. The molecule has 0 spiro atoms. The van der Waals surface area contributed by atoms with Crippen molar-refractivity contribution >= 4 is 10.1 Å². The van der Waals surface area contributed by atoms with Crippen LogP contribution in [-0.4, -0.2) is 13.9 Å². The summed E-state index contributed by atoms with van der Waals surface area (Å²) >= 11 is 0. The molecule has 0 amide bonds. The highest BCUT2D eigenvalue weighted by Gasteiger charge is 2.48. The van der Waals surface area contributed by atoms with E-state index >= 15 is 0 Å². The van der Waals surface area contributed by atoms with E-state index in [4.69, 9.17) is 0 Å². The zero-order valence-corrected chi connectivity index (χ0v) is 19.8. The van der Waals surface area contributed by atoms with E-state index in [0.29, 0.717) is 0 Å². The average Bonchev–Trinajstić information content (AvgIpc) is 3.63.